The SMILES string of the molecule is CC1C(NS(C)(=O)=O)CCC(C(=O)O)C1(C)C. The minimum atomic E-state index is -3.24. The average Bonchev–Trinajstić information content (AvgIpc) is 2.10. The van der Waals surface area contributed by atoms with E-state index in [-0.39, 0.29) is 12.0 Å². The van der Waals surface area contributed by atoms with Crippen LogP contribution in [0.3, 0.4) is 0 Å². The van der Waals surface area contributed by atoms with Gasteiger partial charge in [-0.05, 0) is 24.2 Å². The summed E-state index contributed by atoms with van der Waals surface area (Å²) in [7, 11) is -3.24. The molecule has 0 radical (unpaired) electrons. The molecular weight excluding hydrogens is 242 g/mol. The first-order valence-electron chi connectivity index (χ1n) is 5.76. The van der Waals surface area contributed by atoms with Gasteiger partial charge in [0.05, 0.1) is 12.2 Å². The van der Waals surface area contributed by atoms with Crippen molar-refractivity contribution in [1.29, 1.82) is 0 Å². The summed E-state index contributed by atoms with van der Waals surface area (Å²) in [6, 6.07) is -0.171. The van der Waals surface area contributed by atoms with E-state index >= 15 is 0 Å². The maximum absolute atomic E-state index is 11.2. The Morgan fingerprint density at radius 2 is 1.88 bits per heavy atom. The highest BCUT2D eigenvalue weighted by Gasteiger charge is 2.46. The van der Waals surface area contributed by atoms with E-state index in [1.807, 2.05) is 20.8 Å². The average molecular weight is 263 g/mol. The summed E-state index contributed by atoms with van der Waals surface area (Å²) < 4.78 is 25.1. The number of rotatable bonds is 3. The number of carboxylic acids is 1. The van der Waals surface area contributed by atoms with Crippen LogP contribution in [0.2, 0.25) is 0 Å². The fraction of sp³-hybridized carbons (Fsp3) is 0.909. The monoisotopic (exact) mass is 263 g/mol. The minimum absolute atomic E-state index is 0.00734. The molecule has 5 nitrogen and oxygen atoms in total. The van der Waals surface area contributed by atoms with Crippen LogP contribution < -0.4 is 4.72 Å². The lowest BCUT2D eigenvalue weighted by atomic mass is 9.61. The zero-order chi connectivity index (χ0) is 13.4. The number of carboxylic acid groups (broad SMARTS) is 1. The van der Waals surface area contributed by atoms with E-state index in [0.29, 0.717) is 12.8 Å². The minimum Gasteiger partial charge on any atom is -0.481 e. The van der Waals surface area contributed by atoms with Crippen LogP contribution >= 0.6 is 0 Å². The van der Waals surface area contributed by atoms with Gasteiger partial charge in [0.15, 0.2) is 0 Å². The third kappa shape index (κ3) is 3.19. The smallest absolute Gasteiger partial charge is 0.307 e. The summed E-state index contributed by atoms with van der Waals surface area (Å²) in [5.41, 5.74) is -0.410. The molecule has 0 bridgehead atoms. The van der Waals surface area contributed by atoms with Crippen LogP contribution in [0.1, 0.15) is 33.6 Å². The van der Waals surface area contributed by atoms with Crippen LogP contribution in [0.25, 0.3) is 0 Å². The predicted molar refractivity (Wildman–Crippen MR) is 65.1 cm³/mol. The van der Waals surface area contributed by atoms with Crippen molar-refractivity contribution in [3.05, 3.63) is 0 Å². The van der Waals surface area contributed by atoms with E-state index in [9.17, 15) is 18.3 Å². The summed E-state index contributed by atoms with van der Waals surface area (Å²) in [5.74, 6) is -1.21. The summed E-state index contributed by atoms with van der Waals surface area (Å²) in [6.07, 6.45) is 2.23. The molecule has 1 aliphatic carbocycles. The van der Waals surface area contributed by atoms with Gasteiger partial charge in [0.2, 0.25) is 10.0 Å². The lowest BCUT2D eigenvalue weighted by Gasteiger charge is -2.46. The van der Waals surface area contributed by atoms with Gasteiger partial charge in [-0.2, -0.15) is 0 Å². The molecule has 2 N–H and O–H groups in total. The molecule has 3 unspecified atom stereocenters. The highest BCUT2D eigenvalue weighted by atomic mass is 32.2. The Balaban J connectivity index is 2.89. The Hall–Kier alpha value is -0.620. The molecule has 1 rings (SSSR count). The number of nitrogens with one attached hydrogen (secondary N) is 1. The highest BCUT2D eigenvalue weighted by Crippen LogP contribution is 2.45. The maximum Gasteiger partial charge on any atom is 0.307 e. The quantitative estimate of drug-likeness (QED) is 0.797. The fourth-order valence-electron chi connectivity index (χ4n) is 2.68. The molecule has 1 aliphatic rings. The van der Waals surface area contributed by atoms with Crippen molar-refractivity contribution in [1.82, 2.24) is 4.72 Å². The number of sulfonamides is 1. The first kappa shape index (κ1) is 14.4. The highest BCUT2D eigenvalue weighted by molar-refractivity contribution is 7.88. The van der Waals surface area contributed by atoms with Crippen LogP contribution in [-0.4, -0.2) is 31.8 Å². The second-order valence-electron chi connectivity index (χ2n) is 5.57. The topological polar surface area (TPSA) is 83.5 Å². The normalized spacial score (nSPS) is 33.3. The molecule has 1 saturated carbocycles. The van der Waals surface area contributed by atoms with E-state index in [2.05, 4.69) is 4.72 Å². The van der Waals surface area contributed by atoms with Crippen molar-refractivity contribution in [2.45, 2.75) is 39.7 Å². The van der Waals surface area contributed by atoms with Crippen molar-refractivity contribution in [2.75, 3.05) is 6.26 Å². The van der Waals surface area contributed by atoms with Crippen LogP contribution in [0.4, 0.5) is 0 Å². The van der Waals surface area contributed by atoms with Gasteiger partial charge in [0.25, 0.3) is 0 Å². The molecule has 0 heterocycles. The third-order valence-corrected chi connectivity index (χ3v) is 4.84. The molecule has 1 fully saturated rings. The van der Waals surface area contributed by atoms with Crippen molar-refractivity contribution in [3.63, 3.8) is 0 Å². The summed E-state index contributed by atoms with van der Waals surface area (Å²) in [6.45, 7) is 5.71. The zero-order valence-electron chi connectivity index (χ0n) is 10.7. The second kappa shape index (κ2) is 4.57. The Kier molecular flexibility index (Phi) is 3.88. The van der Waals surface area contributed by atoms with Gasteiger partial charge < -0.3 is 5.11 Å². The summed E-state index contributed by atoms with van der Waals surface area (Å²) in [5, 5.41) is 9.17. The molecule has 0 aromatic heterocycles. The molecule has 0 saturated heterocycles. The van der Waals surface area contributed by atoms with Crippen LogP contribution in [-0.2, 0) is 14.8 Å². The van der Waals surface area contributed by atoms with Crippen molar-refractivity contribution in [3.8, 4) is 0 Å². The number of carbonyl (C=O) groups is 1. The Labute approximate surface area is 103 Å². The summed E-state index contributed by atoms with van der Waals surface area (Å²) >= 11 is 0. The lowest BCUT2D eigenvalue weighted by molar-refractivity contribution is -0.150. The molecule has 17 heavy (non-hydrogen) atoms. The number of hydrogen-bond acceptors (Lipinski definition) is 3. The van der Waals surface area contributed by atoms with E-state index in [0.717, 1.165) is 6.26 Å². The number of aliphatic carboxylic acids is 1. The molecule has 0 aromatic carbocycles. The van der Waals surface area contributed by atoms with Crippen LogP contribution in [0, 0.1) is 17.3 Å². The molecule has 6 heteroatoms. The van der Waals surface area contributed by atoms with Crippen molar-refractivity contribution in [2.24, 2.45) is 17.3 Å². The van der Waals surface area contributed by atoms with E-state index in [1.54, 1.807) is 0 Å². The molecule has 0 aliphatic heterocycles. The maximum atomic E-state index is 11.2. The molecule has 0 aromatic rings. The van der Waals surface area contributed by atoms with Crippen molar-refractivity contribution < 1.29 is 18.3 Å². The fourth-order valence-corrected chi connectivity index (χ4v) is 3.55. The first-order chi connectivity index (χ1) is 7.55. The molecular formula is C11H21NO4S. The van der Waals surface area contributed by atoms with Gasteiger partial charge >= 0.3 is 5.97 Å². The predicted octanol–water partition coefficient (Wildman–Crippen LogP) is 1.06. The van der Waals surface area contributed by atoms with Gasteiger partial charge in [0.1, 0.15) is 0 Å². The van der Waals surface area contributed by atoms with Gasteiger partial charge in [-0.3, -0.25) is 4.79 Å². The third-order valence-electron chi connectivity index (χ3n) is 4.11. The molecule has 100 valence electrons. The van der Waals surface area contributed by atoms with Gasteiger partial charge in [-0.15, -0.1) is 0 Å². The summed E-state index contributed by atoms with van der Waals surface area (Å²) in [4.78, 5) is 11.2. The van der Waals surface area contributed by atoms with E-state index < -0.39 is 27.3 Å². The van der Waals surface area contributed by atoms with Crippen LogP contribution in [0.15, 0.2) is 0 Å². The molecule has 3 atom stereocenters. The van der Waals surface area contributed by atoms with Crippen LogP contribution in [0.5, 0.6) is 0 Å². The largest absolute Gasteiger partial charge is 0.481 e. The van der Waals surface area contributed by atoms with E-state index in [1.165, 1.54) is 0 Å². The second-order valence-corrected chi connectivity index (χ2v) is 7.35. The first-order valence-corrected chi connectivity index (χ1v) is 7.65. The Morgan fingerprint density at radius 1 is 1.35 bits per heavy atom. The zero-order valence-corrected chi connectivity index (χ0v) is 11.5. The standard InChI is InChI=1S/C11H21NO4S/c1-7-9(12-17(4,15)16)6-5-8(10(13)14)11(7,2)3/h7-9,12H,5-6H2,1-4H3,(H,13,14). The Morgan fingerprint density at radius 3 is 2.29 bits per heavy atom. The molecule has 0 amide bonds. The lowest BCUT2D eigenvalue weighted by Crippen LogP contribution is -2.52. The molecule has 0 spiro atoms. The Bertz CT molecular complexity index is 402. The number of hydrogen-bond donors (Lipinski definition) is 2. The van der Waals surface area contributed by atoms with Crippen molar-refractivity contribution >= 4 is 16.0 Å². The van der Waals surface area contributed by atoms with Gasteiger partial charge in [0, 0.05) is 6.04 Å². The van der Waals surface area contributed by atoms with Gasteiger partial charge in [-0.25, -0.2) is 13.1 Å². The van der Waals surface area contributed by atoms with Gasteiger partial charge in [-0.1, -0.05) is 20.8 Å². The van der Waals surface area contributed by atoms with E-state index in [4.69, 9.17) is 0 Å².